The van der Waals surface area contributed by atoms with E-state index in [1.54, 1.807) is 11.3 Å². The molecule has 2 fully saturated rings. The number of nitriles is 1. The molecule has 2 aromatic heterocycles. The maximum absolute atomic E-state index is 9.21. The third kappa shape index (κ3) is 3.60. The van der Waals surface area contributed by atoms with Crippen molar-refractivity contribution in [2.24, 2.45) is 12.5 Å². The second-order valence-corrected chi connectivity index (χ2v) is 10.3. The summed E-state index contributed by atoms with van der Waals surface area (Å²) in [7, 11) is 1.97. The average Bonchev–Trinajstić information content (AvgIpc) is 3.59. The van der Waals surface area contributed by atoms with Gasteiger partial charge in [0, 0.05) is 37.6 Å². The van der Waals surface area contributed by atoms with Crippen molar-refractivity contribution >= 4 is 27.4 Å². The summed E-state index contributed by atoms with van der Waals surface area (Å²) in [6.07, 6.45) is 5.67. The number of fused-ring (bicyclic) bond motifs is 1. The predicted molar refractivity (Wildman–Crippen MR) is 133 cm³/mol. The number of nitrogens with zero attached hydrogens (tertiary/aromatic N) is 5. The molecule has 7 heteroatoms. The molecule has 0 atom stereocenters. The van der Waals surface area contributed by atoms with Crippen LogP contribution in [-0.4, -0.2) is 40.9 Å². The van der Waals surface area contributed by atoms with E-state index in [9.17, 15) is 5.26 Å². The first-order valence-electron chi connectivity index (χ1n) is 11.5. The first-order chi connectivity index (χ1) is 16.1. The molecule has 0 unspecified atom stereocenters. The van der Waals surface area contributed by atoms with Crippen molar-refractivity contribution in [2.45, 2.75) is 19.3 Å². The van der Waals surface area contributed by atoms with Gasteiger partial charge in [0.25, 0.3) is 0 Å². The van der Waals surface area contributed by atoms with Gasteiger partial charge in [-0.3, -0.25) is 4.68 Å². The van der Waals surface area contributed by atoms with Crippen LogP contribution in [-0.2, 0) is 7.05 Å². The van der Waals surface area contributed by atoms with E-state index in [1.807, 2.05) is 42.2 Å². The summed E-state index contributed by atoms with van der Waals surface area (Å²) in [5.41, 5.74) is 5.47. The van der Waals surface area contributed by atoms with Crippen LogP contribution in [0.15, 0.2) is 48.7 Å². The molecule has 0 amide bonds. The lowest BCUT2D eigenvalue weighted by Gasteiger charge is -2.38. The Hall–Kier alpha value is -3.21. The number of aromatic nitrogens is 3. The molecule has 1 N–H and O–H groups in total. The fraction of sp³-hybridized carbons (Fsp3) is 0.346. The number of piperidine rings is 1. The number of nitrogens with one attached hydrogen (secondary N) is 1. The highest BCUT2D eigenvalue weighted by molar-refractivity contribution is 7.19. The van der Waals surface area contributed by atoms with Gasteiger partial charge in [0.1, 0.15) is 0 Å². The van der Waals surface area contributed by atoms with Crippen molar-refractivity contribution < 1.29 is 0 Å². The quantitative estimate of drug-likeness (QED) is 0.481. The summed E-state index contributed by atoms with van der Waals surface area (Å²) in [5, 5.41) is 19.4. The average molecular weight is 455 g/mol. The maximum Gasteiger partial charge on any atom is 0.186 e. The smallest absolute Gasteiger partial charge is 0.186 e. The molecule has 166 valence electrons. The molecule has 2 saturated heterocycles. The van der Waals surface area contributed by atoms with Crippen LogP contribution in [0.2, 0.25) is 0 Å². The molecular formula is C26H26N6S. The zero-order chi connectivity index (χ0) is 22.4. The molecular weight excluding hydrogens is 428 g/mol. The van der Waals surface area contributed by atoms with Crippen LogP contribution in [0, 0.1) is 16.7 Å². The van der Waals surface area contributed by atoms with Gasteiger partial charge in [-0.2, -0.15) is 10.4 Å². The Morgan fingerprint density at radius 1 is 1.06 bits per heavy atom. The van der Waals surface area contributed by atoms with Gasteiger partial charge in [-0.25, -0.2) is 4.98 Å². The van der Waals surface area contributed by atoms with E-state index in [0.717, 1.165) is 59.0 Å². The molecule has 2 aliphatic rings. The van der Waals surface area contributed by atoms with Crippen LogP contribution in [0.1, 0.15) is 24.8 Å². The lowest BCUT2D eigenvalue weighted by atomic mass is 9.78. The maximum atomic E-state index is 9.21. The molecule has 6 rings (SSSR count). The Bertz CT molecular complexity index is 1340. The van der Waals surface area contributed by atoms with Gasteiger partial charge in [-0.15, -0.1) is 0 Å². The van der Waals surface area contributed by atoms with E-state index in [4.69, 9.17) is 4.98 Å². The van der Waals surface area contributed by atoms with Crippen molar-refractivity contribution in [1.29, 1.82) is 5.26 Å². The molecule has 2 aromatic carbocycles. The lowest BCUT2D eigenvalue weighted by molar-refractivity contribution is 0.247. The highest BCUT2D eigenvalue weighted by Crippen LogP contribution is 2.44. The van der Waals surface area contributed by atoms with Crippen molar-refractivity contribution in [2.75, 3.05) is 31.1 Å². The fourth-order valence-corrected chi connectivity index (χ4v) is 6.37. The summed E-state index contributed by atoms with van der Waals surface area (Å²) >= 11 is 1.78. The van der Waals surface area contributed by atoms with Crippen molar-refractivity contribution in [1.82, 2.24) is 20.1 Å². The summed E-state index contributed by atoms with van der Waals surface area (Å²) in [6.45, 7) is 4.43. The highest BCUT2D eigenvalue weighted by Gasteiger charge is 2.37. The summed E-state index contributed by atoms with van der Waals surface area (Å²) in [4.78, 5) is 8.80. The summed E-state index contributed by atoms with van der Waals surface area (Å²) in [5.74, 6) is 0. The van der Waals surface area contributed by atoms with E-state index in [-0.39, 0.29) is 0 Å². The Balaban J connectivity index is 1.40. The zero-order valence-electron chi connectivity index (χ0n) is 18.7. The van der Waals surface area contributed by atoms with E-state index < -0.39 is 0 Å². The molecule has 1 spiro atoms. The molecule has 4 heterocycles. The largest absolute Gasteiger partial charge is 0.348 e. The predicted octanol–water partition coefficient (Wildman–Crippen LogP) is 4.82. The molecule has 0 aliphatic carbocycles. The van der Waals surface area contributed by atoms with Gasteiger partial charge in [-0.05, 0) is 61.1 Å². The van der Waals surface area contributed by atoms with Gasteiger partial charge in [0.15, 0.2) is 5.13 Å². The first-order valence-corrected chi connectivity index (χ1v) is 12.4. The molecule has 4 aromatic rings. The van der Waals surface area contributed by atoms with Crippen LogP contribution in [0.3, 0.4) is 0 Å². The Labute approximate surface area is 197 Å². The summed E-state index contributed by atoms with van der Waals surface area (Å²) in [6, 6.07) is 16.5. The standard InChI is InChI=1S/C26H26N6S/c1-31-22-7-6-20(14-21(22)16-29-31)24-23(19-4-2-18(15-27)3-5-19)30-25(33-24)32-12-9-26(10-13-32)8-11-28-17-26/h2-7,14,16,28H,8-13,17H2,1H3. The Kier molecular flexibility index (Phi) is 4.93. The number of anilines is 1. The van der Waals surface area contributed by atoms with Crippen LogP contribution in [0.4, 0.5) is 5.13 Å². The number of thiazole rings is 1. The zero-order valence-corrected chi connectivity index (χ0v) is 19.5. The van der Waals surface area contributed by atoms with Crippen molar-refractivity contribution in [3.63, 3.8) is 0 Å². The van der Waals surface area contributed by atoms with Gasteiger partial charge >= 0.3 is 0 Å². The number of hydrogen-bond acceptors (Lipinski definition) is 6. The van der Waals surface area contributed by atoms with Gasteiger partial charge in [0.2, 0.25) is 0 Å². The number of benzene rings is 2. The third-order valence-corrected chi connectivity index (χ3v) is 8.50. The van der Waals surface area contributed by atoms with Crippen molar-refractivity contribution in [3.8, 4) is 27.8 Å². The van der Waals surface area contributed by atoms with E-state index in [0.29, 0.717) is 11.0 Å². The minimum absolute atomic E-state index is 0.484. The molecule has 0 radical (unpaired) electrons. The van der Waals surface area contributed by atoms with Gasteiger partial charge < -0.3 is 10.2 Å². The van der Waals surface area contributed by atoms with Crippen LogP contribution in [0.5, 0.6) is 0 Å². The van der Waals surface area contributed by atoms with Crippen LogP contribution < -0.4 is 10.2 Å². The highest BCUT2D eigenvalue weighted by atomic mass is 32.1. The minimum atomic E-state index is 0.484. The topological polar surface area (TPSA) is 69.8 Å². The first kappa shape index (κ1) is 20.4. The Morgan fingerprint density at radius 3 is 2.58 bits per heavy atom. The number of rotatable bonds is 3. The lowest BCUT2D eigenvalue weighted by Crippen LogP contribution is -2.41. The van der Waals surface area contributed by atoms with Crippen LogP contribution >= 0.6 is 11.3 Å². The fourth-order valence-electron chi connectivity index (χ4n) is 5.24. The number of aryl methyl sites for hydroxylation is 1. The second-order valence-electron chi connectivity index (χ2n) is 9.32. The molecule has 0 bridgehead atoms. The van der Waals surface area contributed by atoms with E-state index in [2.05, 4.69) is 39.6 Å². The number of hydrogen-bond donors (Lipinski definition) is 1. The van der Waals surface area contributed by atoms with E-state index >= 15 is 0 Å². The molecule has 33 heavy (non-hydrogen) atoms. The molecule has 2 aliphatic heterocycles. The monoisotopic (exact) mass is 454 g/mol. The SMILES string of the molecule is Cn1ncc2cc(-c3sc(N4CCC5(CCNC5)CC4)nc3-c3ccc(C#N)cc3)ccc21. The van der Waals surface area contributed by atoms with Gasteiger partial charge in [-0.1, -0.05) is 29.5 Å². The minimum Gasteiger partial charge on any atom is -0.348 e. The molecule has 0 saturated carbocycles. The molecule has 6 nitrogen and oxygen atoms in total. The summed E-state index contributed by atoms with van der Waals surface area (Å²) < 4.78 is 1.90. The third-order valence-electron chi connectivity index (χ3n) is 7.34. The van der Waals surface area contributed by atoms with Crippen LogP contribution in [0.25, 0.3) is 32.6 Å². The normalized spacial score (nSPS) is 17.6. The second kappa shape index (κ2) is 7.98. The van der Waals surface area contributed by atoms with E-state index in [1.165, 1.54) is 24.1 Å². The van der Waals surface area contributed by atoms with Crippen molar-refractivity contribution in [3.05, 3.63) is 54.2 Å². The van der Waals surface area contributed by atoms with Gasteiger partial charge in [0.05, 0.1) is 33.9 Å². The Morgan fingerprint density at radius 2 is 1.85 bits per heavy atom.